The van der Waals surface area contributed by atoms with E-state index in [-0.39, 0.29) is 4.90 Å². The van der Waals surface area contributed by atoms with Gasteiger partial charge in [-0.25, -0.2) is 13.1 Å². The van der Waals surface area contributed by atoms with Gasteiger partial charge in [0.15, 0.2) is 5.82 Å². The Morgan fingerprint density at radius 3 is 2.81 bits per heavy atom. The quantitative estimate of drug-likeness (QED) is 0.790. The van der Waals surface area contributed by atoms with Crippen LogP contribution in [-0.2, 0) is 17.1 Å². The molecule has 0 aliphatic rings. The molecule has 3 aromatic rings. The van der Waals surface area contributed by atoms with Gasteiger partial charge in [-0.15, -0.1) is 5.10 Å². The number of hydrogen-bond acceptors (Lipinski definition) is 6. The summed E-state index contributed by atoms with van der Waals surface area (Å²) in [5.41, 5.74) is 1.18. The lowest BCUT2D eigenvalue weighted by Gasteiger charge is -2.07. The third-order valence-corrected chi connectivity index (χ3v) is 4.86. The third-order valence-electron chi connectivity index (χ3n) is 2.80. The number of aryl methyl sites for hydroxylation is 1. The monoisotopic (exact) mass is 321 g/mol. The molecule has 0 unspecified atom stereocenters. The van der Waals surface area contributed by atoms with Crippen LogP contribution in [0.25, 0.3) is 11.4 Å². The van der Waals surface area contributed by atoms with Crippen molar-refractivity contribution in [2.75, 3.05) is 4.72 Å². The Hall–Kier alpha value is -2.26. The molecule has 0 aliphatic heterocycles. The van der Waals surface area contributed by atoms with Crippen LogP contribution in [-0.4, -0.2) is 28.6 Å². The summed E-state index contributed by atoms with van der Waals surface area (Å²) in [5.74, 6) is 0.502. The first-order valence-corrected chi connectivity index (χ1v) is 8.37. The summed E-state index contributed by atoms with van der Waals surface area (Å²) < 4.78 is 28.7. The summed E-state index contributed by atoms with van der Waals surface area (Å²) in [5, 5.41) is 14.7. The van der Waals surface area contributed by atoms with E-state index >= 15 is 0 Å². The number of nitrogens with one attached hydrogen (secondary N) is 1. The molecule has 0 spiro atoms. The average molecular weight is 321 g/mol. The van der Waals surface area contributed by atoms with Crippen molar-refractivity contribution in [1.29, 1.82) is 0 Å². The topological polar surface area (TPSA) is 89.8 Å². The summed E-state index contributed by atoms with van der Waals surface area (Å²) in [7, 11) is -1.94. The van der Waals surface area contributed by atoms with Crippen molar-refractivity contribution in [2.45, 2.75) is 4.90 Å². The first kappa shape index (κ1) is 13.7. The molecule has 2 aromatic heterocycles. The third kappa shape index (κ3) is 2.78. The van der Waals surface area contributed by atoms with E-state index < -0.39 is 10.0 Å². The number of tetrazole rings is 1. The zero-order valence-electron chi connectivity index (χ0n) is 11.0. The lowest BCUT2D eigenvalue weighted by molar-refractivity contribution is 0.601. The van der Waals surface area contributed by atoms with Gasteiger partial charge in [-0.1, -0.05) is 12.1 Å². The molecule has 21 heavy (non-hydrogen) atoms. The van der Waals surface area contributed by atoms with Crippen molar-refractivity contribution in [1.82, 2.24) is 20.2 Å². The maximum absolute atomic E-state index is 12.3. The van der Waals surface area contributed by atoms with Crippen molar-refractivity contribution in [2.24, 2.45) is 7.05 Å². The molecule has 0 saturated heterocycles. The molecule has 0 bridgehead atoms. The Kier molecular flexibility index (Phi) is 3.43. The molecule has 3 rings (SSSR count). The zero-order valence-corrected chi connectivity index (χ0v) is 12.6. The van der Waals surface area contributed by atoms with Crippen molar-refractivity contribution in [3.8, 4) is 11.4 Å². The first-order chi connectivity index (χ1) is 10.1. The summed E-state index contributed by atoms with van der Waals surface area (Å²) >= 11 is 1.42. The molecule has 0 fully saturated rings. The Balaban J connectivity index is 1.98. The zero-order chi connectivity index (χ0) is 14.9. The van der Waals surface area contributed by atoms with E-state index in [1.54, 1.807) is 42.1 Å². The van der Waals surface area contributed by atoms with Gasteiger partial charge in [0.25, 0.3) is 10.0 Å². The van der Waals surface area contributed by atoms with Crippen molar-refractivity contribution in [3.05, 3.63) is 41.1 Å². The van der Waals surface area contributed by atoms with Crippen LogP contribution < -0.4 is 4.72 Å². The molecule has 9 heteroatoms. The highest BCUT2D eigenvalue weighted by atomic mass is 32.2. The summed E-state index contributed by atoms with van der Waals surface area (Å²) in [4.78, 5) is 0.161. The number of nitrogens with zero attached hydrogens (tertiary/aromatic N) is 4. The van der Waals surface area contributed by atoms with Crippen LogP contribution in [0.5, 0.6) is 0 Å². The van der Waals surface area contributed by atoms with Crippen molar-refractivity contribution < 1.29 is 8.42 Å². The molecule has 0 amide bonds. The smallest absolute Gasteiger partial charge is 0.261 e. The Labute approximate surface area is 125 Å². The van der Waals surface area contributed by atoms with Gasteiger partial charge in [-0.3, -0.25) is 4.72 Å². The number of rotatable bonds is 4. The molecular formula is C12H11N5O2S2. The number of sulfonamides is 1. The van der Waals surface area contributed by atoms with Crippen LogP contribution in [0.4, 0.5) is 5.69 Å². The lowest BCUT2D eigenvalue weighted by Crippen LogP contribution is -2.12. The highest BCUT2D eigenvalue weighted by Gasteiger charge is 2.16. The molecule has 0 atom stereocenters. The van der Waals surface area contributed by atoms with E-state index in [0.717, 1.165) is 0 Å². The minimum atomic E-state index is -3.63. The van der Waals surface area contributed by atoms with Gasteiger partial charge in [0, 0.05) is 18.0 Å². The maximum Gasteiger partial charge on any atom is 0.261 e. The van der Waals surface area contributed by atoms with Crippen LogP contribution in [0, 0.1) is 0 Å². The van der Waals surface area contributed by atoms with E-state index in [2.05, 4.69) is 20.2 Å². The molecule has 0 aliphatic carbocycles. The molecule has 1 aromatic carbocycles. The molecule has 0 radical (unpaired) electrons. The second kappa shape index (κ2) is 5.26. The second-order valence-corrected chi connectivity index (χ2v) is 6.73. The summed E-state index contributed by atoms with van der Waals surface area (Å²) in [6.45, 7) is 0. The van der Waals surface area contributed by atoms with Crippen LogP contribution in [0.2, 0.25) is 0 Å². The fourth-order valence-corrected chi connectivity index (χ4v) is 3.57. The maximum atomic E-state index is 12.3. The molecular weight excluding hydrogens is 310 g/mol. The normalized spacial score (nSPS) is 11.5. The summed E-state index contributed by atoms with van der Waals surface area (Å²) in [6.07, 6.45) is 0. The summed E-state index contributed by atoms with van der Waals surface area (Å²) in [6, 6.07) is 8.20. The van der Waals surface area contributed by atoms with E-state index in [1.165, 1.54) is 22.1 Å². The Morgan fingerprint density at radius 1 is 1.29 bits per heavy atom. The van der Waals surface area contributed by atoms with E-state index in [9.17, 15) is 8.42 Å². The minimum Gasteiger partial charge on any atom is -0.279 e. The van der Waals surface area contributed by atoms with E-state index in [1.807, 2.05) is 0 Å². The van der Waals surface area contributed by atoms with Crippen LogP contribution >= 0.6 is 11.3 Å². The predicted octanol–water partition coefficient (Wildman–Crippen LogP) is 1.74. The van der Waals surface area contributed by atoms with Crippen molar-refractivity contribution >= 4 is 27.0 Å². The predicted molar refractivity (Wildman–Crippen MR) is 79.4 cm³/mol. The van der Waals surface area contributed by atoms with Crippen LogP contribution in [0.15, 0.2) is 46.0 Å². The lowest BCUT2D eigenvalue weighted by atomic mass is 10.2. The van der Waals surface area contributed by atoms with Gasteiger partial charge in [0.2, 0.25) is 0 Å². The van der Waals surface area contributed by atoms with Gasteiger partial charge in [0.1, 0.15) is 0 Å². The standard InChI is InChI=1S/C12H11N5O2S2/c1-17-12(13-15-16-17)9-3-2-4-11(7-9)21(18,19)14-10-5-6-20-8-10/h2-8,14H,1H3. The molecule has 0 saturated carbocycles. The van der Waals surface area contributed by atoms with Gasteiger partial charge in [-0.2, -0.15) is 11.3 Å². The van der Waals surface area contributed by atoms with Crippen molar-refractivity contribution in [3.63, 3.8) is 0 Å². The number of benzene rings is 1. The highest BCUT2D eigenvalue weighted by Crippen LogP contribution is 2.22. The first-order valence-electron chi connectivity index (χ1n) is 5.94. The van der Waals surface area contributed by atoms with E-state index in [4.69, 9.17) is 0 Å². The second-order valence-electron chi connectivity index (χ2n) is 4.27. The fourth-order valence-electron chi connectivity index (χ4n) is 1.81. The molecule has 7 nitrogen and oxygen atoms in total. The fraction of sp³-hybridized carbons (Fsp3) is 0.0833. The number of anilines is 1. The number of aromatic nitrogens is 4. The van der Waals surface area contributed by atoms with Gasteiger partial charge < -0.3 is 0 Å². The number of hydrogen-bond donors (Lipinski definition) is 1. The average Bonchev–Trinajstić information content (AvgIpc) is 3.10. The number of thiophene rings is 1. The van der Waals surface area contributed by atoms with Crippen LogP contribution in [0.3, 0.4) is 0 Å². The van der Waals surface area contributed by atoms with Gasteiger partial charge >= 0.3 is 0 Å². The van der Waals surface area contributed by atoms with Gasteiger partial charge in [0.05, 0.1) is 10.6 Å². The minimum absolute atomic E-state index is 0.161. The van der Waals surface area contributed by atoms with E-state index in [0.29, 0.717) is 17.1 Å². The Bertz CT molecular complexity index is 855. The van der Waals surface area contributed by atoms with Gasteiger partial charge in [-0.05, 0) is 34.0 Å². The SMILES string of the molecule is Cn1nnnc1-c1cccc(S(=O)(=O)Nc2ccsc2)c1. The largest absolute Gasteiger partial charge is 0.279 e. The highest BCUT2D eigenvalue weighted by molar-refractivity contribution is 7.92. The molecule has 2 heterocycles. The molecule has 108 valence electrons. The van der Waals surface area contributed by atoms with Crippen LogP contribution in [0.1, 0.15) is 0 Å². The Morgan fingerprint density at radius 2 is 2.14 bits per heavy atom. The molecule has 1 N–H and O–H groups in total.